The van der Waals surface area contributed by atoms with E-state index in [1.54, 1.807) is 18.2 Å². The van der Waals surface area contributed by atoms with Gasteiger partial charge in [0.25, 0.3) is 0 Å². The van der Waals surface area contributed by atoms with Gasteiger partial charge in [0.1, 0.15) is 5.75 Å². The molecule has 0 heterocycles. The molecule has 17 heavy (non-hydrogen) atoms. The summed E-state index contributed by atoms with van der Waals surface area (Å²) in [5.41, 5.74) is 0.749. The van der Waals surface area contributed by atoms with E-state index in [9.17, 15) is 8.78 Å². The first-order valence-corrected chi connectivity index (χ1v) is 6.32. The van der Waals surface area contributed by atoms with Crippen LogP contribution in [0.3, 0.4) is 0 Å². The first-order chi connectivity index (χ1) is 8.06. The second-order valence-electron chi connectivity index (χ2n) is 4.33. The van der Waals surface area contributed by atoms with E-state index in [2.05, 4.69) is 32.9 Å². The molecule has 2 nitrogen and oxygen atoms in total. The average molecular weight is 306 g/mol. The predicted molar refractivity (Wildman–Crippen MR) is 65.2 cm³/mol. The van der Waals surface area contributed by atoms with Crippen molar-refractivity contribution in [3.05, 3.63) is 28.2 Å². The number of ether oxygens (including phenoxy) is 1. The van der Waals surface area contributed by atoms with Gasteiger partial charge in [-0.2, -0.15) is 8.78 Å². The minimum Gasteiger partial charge on any atom is -0.434 e. The normalized spacial score (nSPS) is 22.9. The van der Waals surface area contributed by atoms with Gasteiger partial charge >= 0.3 is 6.61 Å². The van der Waals surface area contributed by atoms with Crippen LogP contribution in [0.15, 0.2) is 22.7 Å². The Hall–Kier alpha value is -0.680. The van der Waals surface area contributed by atoms with Gasteiger partial charge in [0.2, 0.25) is 0 Å². The van der Waals surface area contributed by atoms with Crippen LogP contribution in [0.4, 0.5) is 8.78 Å². The van der Waals surface area contributed by atoms with E-state index in [4.69, 9.17) is 0 Å². The van der Waals surface area contributed by atoms with Crippen molar-refractivity contribution in [2.45, 2.75) is 32.5 Å². The summed E-state index contributed by atoms with van der Waals surface area (Å²) < 4.78 is 29.8. The molecule has 1 aromatic rings. The van der Waals surface area contributed by atoms with Crippen LogP contribution in [0.2, 0.25) is 0 Å². The first kappa shape index (κ1) is 12.8. The Morgan fingerprint density at radius 3 is 2.82 bits per heavy atom. The Bertz CT molecular complexity index is 400. The van der Waals surface area contributed by atoms with Crippen molar-refractivity contribution in [3.8, 4) is 5.75 Å². The third-order valence-corrected chi connectivity index (χ3v) is 3.40. The van der Waals surface area contributed by atoms with Crippen LogP contribution in [0.25, 0.3) is 0 Å². The van der Waals surface area contributed by atoms with Gasteiger partial charge in [-0.05, 0) is 30.5 Å². The van der Waals surface area contributed by atoms with E-state index < -0.39 is 6.61 Å². The fraction of sp³-hybridized carbons (Fsp3) is 0.500. The van der Waals surface area contributed by atoms with Crippen molar-refractivity contribution in [1.29, 1.82) is 0 Å². The molecule has 0 saturated heterocycles. The molecule has 1 aliphatic carbocycles. The van der Waals surface area contributed by atoms with Crippen LogP contribution >= 0.6 is 15.9 Å². The van der Waals surface area contributed by atoms with Crippen LogP contribution in [0, 0.1) is 5.92 Å². The van der Waals surface area contributed by atoms with Gasteiger partial charge in [-0.15, -0.1) is 0 Å². The molecule has 2 atom stereocenters. The molecule has 94 valence electrons. The van der Waals surface area contributed by atoms with E-state index in [1.807, 2.05) is 0 Å². The zero-order valence-corrected chi connectivity index (χ0v) is 11.0. The summed E-state index contributed by atoms with van der Waals surface area (Å²) in [6, 6.07) is 5.57. The van der Waals surface area contributed by atoms with Crippen LogP contribution in [0.5, 0.6) is 5.75 Å². The summed E-state index contributed by atoms with van der Waals surface area (Å²) in [6.45, 7) is -0.0687. The highest BCUT2D eigenvalue weighted by molar-refractivity contribution is 9.10. The molecule has 1 aliphatic rings. The largest absolute Gasteiger partial charge is 0.434 e. The van der Waals surface area contributed by atoms with Crippen molar-refractivity contribution in [2.24, 2.45) is 5.92 Å². The van der Waals surface area contributed by atoms with Crippen LogP contribution < -0.4 is 10.1 Å². The summed E-state index contributed by atoms with van der Waals surface area (Å²) in [4.78, 5) is 0. The minimum atomic E-state index is -2.78. The molecule has 1 aromatic carbocycles. The summed E-state index contributed by atoms with van der Waals surface area (Å²) in [5, 5.41) is 3.32. The number of halogens is 3. The maximum absolute atomic E-state index is 12.2. The minimum absolute atomic E-state index is 0.240. The molecular weight excluding hydrogens is 292 g/mol. The SMILES string of the molecule is CC1CC1NCc1cc(Br)ccc1OC(F)F. The van der Waals surface area contributed by atoms with Gasteiger partial charge in [-0.25, -0.2) is 0 Å². The van der Waals surface area contributed by atoms with Gasteiger partial charge in [0, 0.05) is 22.6 Å². The Labute approximate surface area is 107 Å². The quantitative estimate of drug-likeness (QED) is 0.898. The Morgan fingerprint density at radius 1 is 1.53 bits per heavy atom. The van der Waals surface area contributed by atoms with Crippen LogP contribution in [-0.4, -0.2) is 12.7 Å². The lowest BCUT2D eigenvalue weighted by molar-refractivity contribution is -0.0505. The lowest BCUT2D eigenvalue weighted by Gasteiger charge is -2.11. The van der Waals surface area contributed by atoms with Gasteiger partial charge < -0.3 is 10.1 Å². The van der Waals surface area contributed by atoms with Gasteiger partial charge in [0.15, 0.2) is 0 Å². The number of alkyl halides is 2. The summed E-state index contributed by atoms with van der Waals surface area (Å²) in [6.07, 6.45) is 1.15. The highest BCUT2D eigenvalue weighted by Crippen LogP contribution is 2.31. The van der Waals surface area contributed by atoms with E-state index in [0.717, 1.165) is 16.5 Å². The second-order valence-corrected chi connectivity index (χ2v) is 5.25. The molecule has 0 bridgehead atoms. The molecule has 0 spiro atoms. The highest BCUT2D eigenvalue weighted by atomic mass is 79.9. The van der Waals surface area contributed by atoms with E-state index >= 15 is 0 Å². The molecule has 0 amide bonds. The third kappa shape index (κ3) is 3.64. The van der Waals surface area contributed by atoms with Crippen molar-refractivity contribution in [3.63, 3.8) is 0 Å². The number of hydrogen-bond donors (Lipinski definition) is 1. The van der Waals surface area contributed by atoms with Crippen molar-refractivity contribution < 1.29 is 13.5 Å². The molecule has 1 fully saturated rings. The lowest BCUT2D eigenvalue weighted by Crippen LogP contribution is -2.18. The number of nitrogens with one attached hydrogen (secondary N) is 1. The number of rotatable bonds is 5. The molecular formula is C12H14BrF2NO. The summed E-state index contributed by atoms with van der Waals surface area (Å²) in [5.74, 6) is 0.922. The van der Waals surface area contributed by atoms with Crippen molar-refractivity contribution in [2.75, 3.05) is 0 Å². The van der Waals surface area contributed by atoms with Crippen LogP contribution in [-0.2, 0) is 6.54 Å². The monoisotopic (exact) mass is 305 g/mol. The fourth-order valence-electron chi connectivity index (χ4n) is 1.74. The lowest BCUT2D eigenvalue weighted by atomic mass is 10.2. The zero-order valence-electron chi connectivity index (χ0n) is 9.42. The molecule has 1 N–H and O–H groups in total. The van der Waals surface area contributed by atoms with Crippen molar-refractivity contribution in [1.82, 2.24) is 5.32 Å². The molecule has 1 saturated carbocycles. The van der Waals surface area contributed by atoms with Crippen LogP contribution in [0.1, 0.15) is 18.9 Å². The topological polar surface area (TPSA) is 21.3 Å². The maximum atomic E-state index is 12.2. The summed E-state index contributed by atoms with van der Waals surface area (Å²) in [7, 11) is 0. The molecule has 2 unspecified atom stereocenters. The van der Waals surface area contributed by atoms with Gasteiger partial charge in [0.05, 0.1) is 0 Å². The second kappa shape index (κ2) is 5.31. The zero-order chi connectivity index (χ0) is 12.4. The Balaban J connectivity index is 2.03. The molecule has 5 heteroatoms. The number of hydrogen-bond acceptors (Lipinski definition) is 2. The number of benzene rings is 1. The fourth-order valence-corrected chi connectivity index (χ4v) is 2.15. The highest BCUT2D eigenvalue weighted by Gasteiger charge is 2.31. The van der Waals surface area contributed by atoms with Crippen molar-refractivity contribution >= 4 is 15.9 Å². The average Bonchev–Trinajstić information content (AvgIpc) is 2.94. The van der Waals surface area contributed by atoms with E-state index in [0.29, 0.717) is 18.5 Å². The molecule has 0 aliphatic heterocycles. The molecule has 0 aromatic heterocycles. The molecule has 2 rings (SSSR count). The van der Waals surface area contributed by atoms with E-state index in [-0.39, 0.29) is 5.75 Å². The predicted octanol–water partition coefficient (Wildman–Crippen LogP) is 3.55. The van der Waals surface area contributed by atoms with E-state index in [1.165, 1.54) is 0 Å². The maximum Gasteiger partial charge on any atom is 0.387 e. The smallest absolute Gasteiger partial charge is 0.387 e. The summed E-state index contributed by atoms with van der Waals surface area (Å²) >= 11 is 3.33. The standard InChI is InChI=1S/C12H14BrF2NO/c1-7-4-10(7)16-6-8-5-9(13)2-3-11(8)17-12(14)15/h2-3,5,7,10,12,16H,4,6H2,1H3. The third-order valence-electron chi connectivity index (χ3n) is 2.90. The molecule has 0 radical (unpaired) electrons. The Kier molecular flexibility index (Phi) is 3.99. The first-order valence-electron chi connectivity index (χ1n) is 5.53. The van der Waals surface area contributed by atoms with Gasteiger partial charge in [-0.1, -0.05) is 22.9 Å². The Morgan fingerprint density at radius 2 is 2.24 bits per heavy atom. The van der Waals surface area contributed by atoms with Gasteiger partial charge in [-0.3, -0.25) is 0 Å².